The minimum Gasteiger partial charge on any atom is -0.394 e. The summed E-state index contributed by atoms with van der Waals surface area (Å²) in [5.41, 5.74) is 1.90. The van der Waals surface area contributed by atoms with Gasteiger partial charge in [0.05, 0.1) is 12.9 Å². The molecule has 4 rings (SSSR count). The Balaban J connectivity index is 1.61. The van der Waals surface area contributed by atoms with Crippen molar-refractivity contribution in [2.24, 2.45) is 0 Å². The number of hydrogen-bond acceptors (Lipinski definition) is 8. The largest absolute Gasteiger partial charge is 0.394 e. The van der Waals surface area contributed by atoms with E-state index < -0.39 is 31.1 Å². The summed E-state index contributed by atoms with van der Waals surface area (Å²) in [6.07, 6.45) is -0.451. The molecule has 9 heteroatoms. The van der Waals surface area contributed by atoms with Crippen molar-refractivity contribution in [3.63, 3.8) is 0 Å². The van der Waals surface area contributed by atoms with Gasteiger partial charge in [0.25, 0.3) is 0 Å². The van der Waals surface area contributed by atoms with Crippen LogP contribution >= 0.6 is 0 Å². The molecule has 0 bridgehead atoms. The van der Waals surface area contributed by atoms with E-state index in [2.05, 4.69) is 46.2 Å². The highest BCUT2D eigenvalue weighted by Crippen LogP contribution is 2.32. The highest BCUT2D eigenvalue weighted by molar-refractivity contribution is 5.83. The number of rotatable bonds is 6. The van der Waals surface area contributed by atoms with Gasteiger partial charge in [0, 0.05) is 5.54 Å². The molecule has 1 aliphatic heterocycles. The van der Waals surface area contributed by atoms with Gasteiger partial charge in [0.2, 0.25) is 0 Å². The average molecular weight is 399 g/mol. The number of nitrogens with one attached hydrogen (secondary N) is 1. The fraction of sp³-hybridized carbons (Fsp3) is 0.450. The van der Waals surface area contributed by atoms with Crippen LogP contribution in [0, 0.1) is 0 Å². The van der Waals surface area contributed by atoms with Crippen molar-refractivity contribution < 1.29 is 20.1 Å². The molecule has 0 spiro atoms. The molecule has 0 unspecified atom stereocenters. The Bertz CT molecular complexity index is 977. The van der Waals surface area contributed by atoms with Crippen LogP contribution in [0.3, 0.4) is 0 Å². The molecule has 154 valence electrons. The second-order valence-corrected chi connectivity index (χ2v) is 7.95. The fourth-order valence-electron chi connectivity index (χ4n) is 3.71. The first-order valence-corrected chi connectivity index (χ1v) is 9.52. The lowest BCUT2D eigenvalue weighted by Crippen LogP contribution is -2.34. The van der Waals surface area contributed by atoms with Crippen LogP contribution in [0.5, 0.6) is 0 Å². The molecular formula is C20H25N5O4. The number of hydrogen-bond donors (Lipinski definition) is 4. The van der Waals surface area contributed by atoms with Crippen LogP contribution in [-0.2, 0) is 11.2 Å². The maximum absolute atomic E-state index is 10.3. The zero-order valence-electron chi connectivity index (χ0n) is 16.3. The summed E-state index contributed by atoms with van der Waals surface area (Å²) < 4.78 is 7.15. The monoisotopic (exact) mass is 399 g/mol. The number of anilines is 1. The fourth-order valence-corrected chi connectivity index (χ4v) is 3.71. The van der Waals surface area contributed by atoms with E-state index in [4.69, 9.17) is 4.74 Å². The van der Waals surface area contributed by atoms with Gasteiger partial charge in [-0.15, -0.1) is 0 Å². The standard InChI is InChI=1S/C20H25N5O4/c1-20(2,8-12-6-4-3-5-7-12)24-17-14-18(22-10-21-17)25(11-23-14)19-16(28)15(27)13(9-26)29-19/h3-7,10-11,13,15-16,19,26-28H,8-9H2,1-2H3,(H,21,22,24)/t13-,15-,16-,19-/m1/s1. The summed E-state index contributed by atoms with van der Waals surface area (Å²) in [6.45, 7) is 3.77. The zero-order valence-corrected chi connectivity index (χ0v) is 16.3. The molecule has 1 aliphatic rings. The number of aromatic nitrogens is 4. The number of benzene rings is 1. The van der Waals surface area contributed by atoms with E-state index in [0.29, 0.717) is 17.0 Å². The smallest absolute Gasteiger partial charge is 0.167 e. The van der Waals surface area contributed by atoms with Crippen LogP contribution in [-0.4, -0.2) is 65.3 Å². The van der Waals surface area contributed by atoms with Crippen LogP contribution in [0.25, 0.3) is 11.2 Å². The van der Waals surface area contributed by atoms with Crippen molar-refractivity contribution in [1.29, 1.82) is 0 Å². The van der Waals surface area contributed by atoms with E-state index in [1.165, 1.54) is 18.2 Å². The first-order valence-electron chi connectivity index (χ1n) is 9.52. The minimum absolute atomic E-state index is 0.298. The Morgan fingerprint density at radius 2 is 1.86 bits per heavy atom. The molecule has 2 aromatic heterocycles. The number of aliphatic hydroxyl groups excluding tert-OH is 3. The Labute approximate surface area is 168 Å². The Morgan fingerprint density at radius 3 is 2.55 bits per heavy atom. The van der Waals surface area contributed by atoms with Gasteiger partial charge in [-0.05, 0) is 25.8 Å². The Morgan fingerprint density at radius 1 is 1.10 bits per heavy atom. The predicted octanol–water partition coefficient (Wildman–Crippen LogP) is 0.871. The number of imidazole rings is 1. The summed E-state index contributed by atoms with van der Waals surface area (Å²) in [5.74, 6) is 0.571. The highest BCUT2D eigenvalue weighted by Gasteiger charge is 2.44. The lowest BCUT2D eigenvalue weighted by atomic mass is 9.95. The molecule has 3 aromatic rings. The number of nitrogens with zero attached hydrogens (tertiary/aromatic N) is 4. The quantitative estimate of drug-likeness (QED) is 0.481. The van der Waals surface area contributed by atoms with E-state index in [1.807, 2.05) is 18.2 Å². The maximum atomic E-state index is 10.3. The Kier molecular flexibility index (Phi) is 5.22. The maximum Gasteiger partial charge on any atom is 0.167 e. The van der Waals surface area contributed by atoms with Crippen molar-refractivity contribution >= 4 is 17.0 Å². The third-order valence-corrected chi connectivity index (χ3v) is 5.10. The molecule has 3 heterocycles. The molecule has 0 amide bonds. The molecule has 0 radical (unpaired) electrons. The van der Waals surface area contributed by atoms with E-state index in [-0.39, 0.29) is 5.54 Å². The van der Waals surface area contributed by atoms with Gasteiger partial charge in [0.1, 0.15) is 24.6 Å². The lowest BCUT2D eigenvalue weighted by molar-refractivity contribution is -0.0511. The van der Waals surface area contributed by atoms with Crippen LogP contribution in [0.15, 0.2) is 43.0 Å². The Hall–Kier alpha value is -2.59. The second kappa shape index (κ2) is 7.68. The van der Waals surface area contributed by atoms with Crippen molar-refractivity contribution in [3.8, 4) is 0 Å². The molecule has 0 saturated carbocycles. The van der Waals surface area contributed by atoms with Crippen LogP contribution in [0.4, 0.5) is 5.82 Å². The van der Waals surface area contributed by atoms with E-state index in [9.17, 15) is 15.3 Å². The molecule has 1 saturated heterocycles. The van der Waals surface area contributed by atoms with Gasteiger partial charge in [-0.25, -0.2) is 15.0 Å². The number of aliphatic hydroxyl groups is 3. The van der Waals surface area contributed by atoms with Crippen molar-refractivity contribution in [1.82, 2.24) is 19.5 Å². The zero-order chi connectivity index (χ0) is 20.6. The van der Waals surface area contributed by atoms with Gasteiger partial charge in [-0.1, -0.05) is 30.3 Å². The molecule has 9 nitrogen and oxygen atoms in total. The number of fused-ring (bicyclic) bond motifs is 1. The van der Waals surface area contributed by atoms with Crippen molar-refractivity contribution in [2.45, 2.75) is 50.3 Å². The van der Waals surface area contributed by atoms with Crippen LogP contribution < -0.4 is 5.32 Å². The molecular weight excluding hydrogens is 374 g/mol. The van der Waals surface area contributed by atoms with Crippen molar-refractivity contribution in [3.05, 3.63) is 48.5 Å². The summed E-state index contributed by atoms with van der Waals surface area (Å²) in [6, 6.07) is 10.2. The number of ether oxygens (including phenoxy) is 1. The third kappa shape index (κ3) is 3.82. The summed E-state index contributed by atoms with van der Waals surface area (Å²) in [7, 11) is 0. The normalized spacial score (nSPS) is 24.9. The SMILES string of the molecule is CC(C)(Cc1ccccc1)Nc1ncnc2c1ncn2[C@@H]1O[C@H](CO)[C@@H](O)[C@H]1O. The molecule has 1 fully saturated rings. The van der Waals surface area contributed by atoms with E-state index in [1.54, 1.807) is 4.57 Å². The molecule has 1 aromatic carbocycles. The highest BCUT2D eigenvalue weighted by atomic mass is 16.6. The van der Waals surface area contributed by atoms with Crippen LogP contribution in [0.2, 0.25) is 0 Å². The first kappa shape index (κ1) is 19.7. The topological polar surface area (TPSA) is 126 Å². The van der Waals surface area contributed by atoms with Crippen LogP contribution in [0.1, 0.15) is 25.6 Å². The second-order valence-electron chi connectivity index (χ2n) is 7.95. The van der Waals surface area contributed by atoms with Gasteiger partial charge in [0.15, 0.2) is 23.2 Å². The predicted molar refractivity (Wildman–Crippen MR) is 106 cm³/mol. The molecule has 4 atom stereocenters. The molecule has 0 aliphatic carbocycles. The average Bonchev–Trinajstić information content (AvgIpc) is 3.24. The van der Waals surface area contributed by atoms with Gasteiger partial charge in [-0.2, -0.15) is 0 Å². The third-order valence-electron chi connectivity index (χ3n) is 5.10. The summed E-state index contributed by atoms with van der Waals surface area (Å²) in [4.78, 5) is 13.0. The molecule has 4 N–H and O–H groups in total. The van der Waals surface area contributed by atoms with Crippen molar-refractivity contribution in [2.75, 3.05) is 11.9 Å². The minimum atomic E-state index is -1.20. The lowest BCUT2D eigenvalue weighted by Gasteiger charge is -2.27. The van der Waals surface area contributed by atoms with Gasteiger partial charge in [-0.3, -0.25) is 4.57 Å². The first-order chi connectivity index (χ1) is 13.9. The summed E-state index contributed by atoms with van der Waals surface area (Å²) >= 11 is 0. The van der Waals surface area contributed by atoms with Gasteiger partial charge < -0.3 is 25.4 Å². The van der Waals surface area contributed by atoms with E-state index >= 15 is 0 Å². The molecule has 29 heavy (non-hydrogen) atoms. The van der Waals surface area contributed by atoms with Gasteiger partial charge >= 0.3 is 0 Å². The summed E-state index contributed by atoms with van der Waals surface area (Å²) in [5, 5.41) is 33.1. The van der Waals surface area contributed by atoms with E-state index in [0.717, 1.165) is 6.42 Å².